The summed E-state index contributed by atoms with van der Waals surface area (Å²) in [6, 6.07) is 0. The Balaban J connectivity index is 2.05. The molecule has 3 heterocycles. The van der Waals surface area contributed by atoms with E-state index >= 15 is 0 Å². The first-order chi connectivity index (χ1) is 11.4. The second kappa shape index (κ2) is 7.09. The van der Waals surface area contributed by atoms with E-state index in [4.69, 9.17) is 9.97 Å². The zero-order chi connectivity index (χ0) is 17.4. The van der Waals surface area contributed by atoms with Crippen molar-refractivity contribution in [3.63, 3.8) is 0 Å². The standard InChI is InChI=1S/C20H26N2S2/c1-11-17-7-23-9-19-12(2)20(16(6)22-15(19)5)10-24-8-18(11)14(4)21-13(17)3/h7-10H2,1-6H3. The molecule has 0 aromatic carbocycles. The molecule has 1 aliphatic rings. The van der Waals surface area contributed by atoms with Gasteiger partial charge < -0.3 is 0 Å². The molecule has 24 heavy (non-hydrogen) atoms. The van der Waals surface area contributed by atoms with E-state index in [1.165, 1.54) is 56.2 Å². The third kappa shape index (κ3) is 3.23. The van der Waals surface area contributed by atoms with Gasteiger partial charge in [0.2, 0.25) is 0 Å². The molecule has 0 unspecified atom stereocenters. The molecule has 0 aliphatic carbocycles. The fourth-order valence-corrected chi connectivity index (χ4v) is 6.31. The number of aryl methyl sites for hydroxylation is 4. The van der Waals surface area contributed by atoms with Gasteiger partial charge >= 0.3 is 0 Å². The van der Waals surface area contributed by atoms with Crippen molar-refractivity contribution in [3.05, 3.63) is 56.2 Å². The molecule has 0 amide bonds. The highest BCUT2D eigenvalue weighted by Gasteiger charge is 2.17. The first-order valence-corrected chi connectivity index (χ1v) is 10.8. The van der Waals surface area contributed by atoms with Gasteiger partial charge in [0.25, 0.3) is 0 Å². The highest BCUT2D eigenvalue weighted by Crippen LogP contribution is 2.33. The predicted octanol–water partition coefficient (Wildman–Crippen LogP) is 5.51. The van der Waals surface area contributed by atoms with Gasteiger partial charge in [-0.25, -0.2) is 0 Å². The van der Waals surface area contributed by atoms with Crippen LogP contribution in [-0.4, -0.2) is 9.97 Å². The fraction of sp³-hybridized carbons (Fsp3) is 0.500. The van der Waals surface area contributed by atoms with Crippen molar-refractivity contribution in [1.29, 1.82) is 0 Å². The van der Waals surface area contributed by atoms with Crippen molar-refractivity contribution in [2.75, 3.05) is 0 Å². The number of fused-ring (bicyclic) bond motifs is 4. The van der Waals surface area contributed by atoms with Crippen LogP contribution < -0.4 is 0 Å². The first-order valence-electron chi connectivity index (χ1n) is 8.46. The molecule has 0 fully saturated rings. The summed E-state index contributed by atoms with van der Waals surface area (Å²) in [4.78, 5) is 9.65. The lowest BCUT2D eigenvalue weighted by atomic mass is 10.0. The summed E-state index contributed by atoms with van der Waals surface area (Å²) in [5.74, 6) is 4.13. The third-order valence-corrected chi connectivity index (χ3v) is 7.19. The van der Waals surface area contributed by atoms with E-state index in [1.54, 1.807) is 0 Å². The second-order valence-corrected chi connectivity index (χ2v) is 8.69. The molecular formula is C20H26N2S2. The smallest absolute Gasteiger partial charge is 0.0419 e. The van der Waals surface area contributed by atoms with Crippen LogP contribution >= 0.6 is 23.5 Å². The molecule has 4 heteroatoms. The lowest BCUT2D eigenvalue weighted by Gasteiger charge is -2.20. The first kappa shape index (κ1) is 17.8. The molecule has 0 saturated carbocycles. The maximum absolute atomic E-state index is 4.83. The van der Waals surface area contributed by atoms with Crippen LogP contribution in [-0.2, 0) is 23.0 Å². The molecule has 3 rings (SSSR count). The molecule has 2 nitrogen and oxygen atoms in total. The third-order valence-electron chi connectivity index (χ3n) is 5.21. The van der Waals surface area contributed by atoms with Crippen LogP contribution in [0.25, 0.3) is 0 Å². The highest BCUT2D eigenvalue weighted by atomic mass is 32.2. The van der Waals surface area contributed by atoms with E-state index in [0.717, 1.165) is 23.0 Å². The van der Waals surface area contributed by atoms with Crippen LogP contribution in [0.4, 0.5) is 0 Å². The summed E-state index contributed by atoms with van der Waals surface area (Å²) in [6.07, 6.45) is 0. The van der Waals surface area contributed by atoms with Crippen LogP contribution in [0.5, 0.6) is 0 Å². The van der Waals surface area contributed by atoms with Crippen molar-refractivity contribution in [2.45, 2.75) is 64.6 Å². The largest absolute Gasteiger partial charge is 0.258 e. The minimum absolute atomic E-state index is 1.03. The number of rotatable bonds is 0. The average molecular weight is 359 g/mol. The summed E-state index contributed by atoms with van der Waals surface area (Å²) in [7, 11) is 0. The monoisotopic (exact) mass is 358 g/mol. The van der Waals surface area contributed by atoms with E-state index in [0.29, 0.717) is 0 Å². The number of hydrogen-bond acceptors (Lipinski definition) is 4. The molecule has 0 atom stereocenters. The van der Waals surface area contributed by atoms with Gasteiger partial charge in [-0.1, -0.05) is 0 Å². The van der Waals surface area contributed by atoms with E-state index in [1.807, 2.05) is 23.5 Å². The minimum Gasteiger partial charge on any atom is -0.258 e. The van der Waals surface area contributed by atoms with Gasteiger partial charge in [-0.15, -0.1) is 0 Å². The molecule has 2 aromatic rings. The summed E-state index contributed by atoms with van der Waals surface area (Å²) < 4.78 is 0. The van der Waals surface area contributed by atoms with Crippen LogP contribution in [0, 0.1) is 41.5 Å². The lowest BCUT2D eigenvalue weighted by Crippen LogP contribution is -2.07. The average Bonchev–Trinajstić information content (AvgIpc) is 2.50. The molecule has 4 bridgehead atoms. The number of pyridine rings is 2. The van der Waals surface area contributed by atoms with Crippen molar-refractivity contribution in [3.8, 4) is 0 Å². The van der Waals surface area contributed by atoms with Crippen LogP contribution in [0.3, 0.4) is 0 Å². The van der Waals surface area contributed by atoms with Crippen molar-refractivity contribution in [1.82, 2.24) is 9.97 Å². The molecule has 1 aliphatic heterocycles. The quantitative estimate of drug-likeness (QED) is 0.620. The Morgan fingerprint density at radius 3 is 1.00 bits per heavy atom. The highest BCUT2D eigenvalue weighted by molar-refractivity contribution is 7.98. The topological polar surface area (TPSA) is 25.8 Å². The van der Waals surface area contributed by atoms with Gasteiger partial charge in [0.05, 0.1) is 0 Å². The van der Waals surface area contributed by atoms with Crippen molar-refractivity contribution >= 4 is 23.5 Å². The SMILES string of the molecule is Cc1nc(C)c2c(C)c1CSCc1c(C)nc(C)c(c1C)CSC2. The number of hydrogen-bond donors (Lipinski definition) is 0. The van der Waals surface area contributed by atoms with Gasteiger partial charge in [-0.2, -0.15) is 23.5 Å². The van der Waals surface area contributed by atoms with Gasteiger partial charge in [0, 0.05) is 45.8 Å². The van der Waals surface area contributed by atoms with Gasteiger partial charge in [-0.3, -0.25) is 9.97 Å². The van der Waals surface area contributed by atoms with Crippen LogP contribution in [0.2, 0.25) is 0 Å². The maximum Gasteiger partial charge on any atom is 0.0419 e. The summed E-state index contributed by atoms with van der Waals surface area (Å²) in [5.41, 5.74) is 13.4. The molecule has 0 saturated heterocycles. The number of aromatic nitrogens is 2. The van der Waals surface area contributed by atoms with E-state index < -0.39 is 0 Å². The Hall–Kier alpha value is -1.00. The molecule has 0 radical (unpaired) electrons. The Kier molecular flexibility index (Phi) is 5.26. The summed E-state index contributed by atoms with van der Waals surface area (Å²) >= 11 is 3.99. The van der Waals surface area contributed by atoms with Gasteiger partial charge in [0.1, 0.15) is 0 Å². The van der Waals surface area contributed by atoms with E-state index in [2.05, 4.69) is 41.5 Å². The van der Waals surface area contributed by atoms with Gasteiger partial charge in [-0.05, 0) is 74.9 Å². The summed E-state index contributed by atoms with van der Waals surface area (Å²) in [5, 5.41) is 0. The number of nitrogens with zero attached hydrogens (tertiary/aromatic N) is 2. The summed E-state index contributed by atoms with van der Waals surface area (Å²) in [6.45, 7) is 13.2. The fourth-order valence-electron chi connectivity index (χ4n) is 3.58. The Labute approximate surface area is 154 Å². The normalized spacial score (nSPS) is 14.9. The molecule has 128 valence electrons. The number of thioether (sulfide) groups is 2. The van der Waals surface area contributed by atoms with Crippen molar-refractivity contribution < 1.29 is 0 Å². The second-order valence-electron chi connectivity index (χ2n) is 6.72. The molecular weight excluding hydrogens is 332 g/mol. The van der Waals surface area contributed by atoms with Crippen molar-refractivity contribution in [2.24, 2.45) is 0 Å². The van der Waals surface area contributed by atoms with Gasteiger partial charge in [0.15, 0.2) is 0 Å². The Bertz CT molecular complexity index is 673. The Morgan fingerprint density at radius 1 is 0.500 bits per heavy atom. The molecule has 0 N–H and O–H groups in total. The minimum atomic E-state index is 1.03. The zero-order valence-corrected chi connectivity index (χ0v) is 17.2. The van der Waals surface area contributed by atoms with Crippen LogP contribution in [0.1, 0.15) is 56.2 Å². The van der Waals surface area contributed by atoms with E-state index in [9.17, 15) is 0 Å². The molecule has 0 spiro atoms. The lowest BCUT2D eigenvalue weighted by molar-refractivity contribution is 1.00. The maximum atomic E-state index is 4.83. The van der Waals surface area contributed by atoms with E-state index in [-0.39, 0.29) is 0 Å². The zero-order valence-electron chi connectivity index (χ0n) is 15.5. The van der Waals surface area contributed by atoms with Crippen LogP contribution in [0.15, 0.2) is 0 Å². The Morgan fingerprint density at radius 2 is 0.750 bits per heavy atom. The molecule has 2 aromatic heterocycles. The predicted molar refractivity (Wildman–Crippen MR) is 107 cm³/mol.